The van der Waals surface area contributed by atoms with Gasteiger partial charge in [0.25, 0.3) is 5.91 Å². The second kappa shape index (κ2) is 4.80. The molecule has 3 N–H and O–H groups in total. The number of aromatic nitrogens is 2. The lowest BCUT2D eigenvalue weighted by atomic mass is 10.1. The van der Waals surface area contributed by atoms with Crippen LogP contribution in [0.5, 0.6) is 0 Å². The summed E-state index contributed by atoms with van der Waals surface area (Å²) in [5.74, 6) is -0.817. The number of aliphatic carboxylic acids is 1. The minimum Gasteiger partial charge on any atom is -0.481 e. The first-order valence-electron chi connectivity index (χ1n) is 6.03. The number of hydrogen-bond donors (Lipinski definition) is 3. The molecule has 1 aromatic rings. The lowest BCUT2D eigenvalue weighted by Gasteiger charge is -2.16. The van der Waals surface area contributed by atoms with Gasteiger partial charge in [-0.2, -0.15) is 5.10 Å². The van der Waals surface area contributed by atoms with Crippen LogP contribution in [0, 0.1) is 19.8 Å². The van der Waals surface area contributed by atoms with Crippen LogP contribution < -0.4 is 5.32 Å². The third-order valence-electron chi connectivity index (χ3n) is 3.26. The fourth-order valence-corrected chi connectivity index (χ4v) is 2.15. The second-order valence-electron chi connectivity index (χ2n) is 4.82. The largest absolute Gasteiger partial charge is 0.481 e. The lowest BCUT2D eigenvalue weighted by molar-refractivity contribution is -0.137. The van der Waals surface area contributed by atoms with Crippen molar-refractivity contribution in [2.24, 2.45) is 5.92 Å². The molecule has 1 atom stereocenters. The Labute approximate surface area is 105 Å². The zero-order valence-electron chi connectivity index (χ0n) is 10.5. The van der Waals surface area contributed by atoms with Gasteiger partial charge in [-0.15, -0.1) is 0 Å². The van der Waals surface area contributed by atoms with Crippen LogP contribution in [0.25, 0.3) is 0 Å². The Balaban J connectivity index is 2.07. The first-order chi connectivity index (χ1) is 8.49. The van der Waals surface area contributed by atoms with Crippen LogP contribution in [0.4, 0.5) is 0 Å². The normalized spacial score (nSPS) is 16.3. The molecule has 0 saturated heterocycles. The van der Waals surface area contributed by atoms with E-state index in [-0.39, 0.29) is 18.4 Å². The zero-order chi connectivity index (χ0) is 13.3. The van der Waals surface area contributed by atoms with Gasteiger partial charge in [0, 0.05) is 11.7 Å². The van der Waals surface area contributed by atoms with Crippen molar-refractivity contribution in [1.29, 1.82) is 0 Å². The van der Waals surface area contributed by atoms with Gasteiger partial charge in [0.2, 0.25) is 0 Å². The average Bonchev–Trinajstić information content (AvgIpc) is 3.04. The van der Waals surface area contributed by atoms with E-state index in [1.165, 1.54) is 0 Å². The third-order valence-corrected chi connectivity index (χ3v) is 3.26. The van der Waals surface area contributed by atoms with Crippen molar-refractivity contribution in [3.05, 3.63) is 17.0 Å². The van der Waals surface area contributed by atoms with Crippen LogP contribution in [-0.4, -0.2) is 33.2 Å². The molecular weight excluding hydrogens is 234 g/mol. The van der Waals surface area contributed by atoms with Crippen molar-refractivity contribution in [3.8, 4) is 0 Å². The van der Waals surface area contributed by atoms with Gasteiger partial charge in [0.15, 0.2) is 0 Å². The van der Waals surface area contributed by atoms with Gasteiger partial charge in [-0.1, -0.05) is 0 Å². The summed E-state index contributed by atoms with van der Waals surface area (Å²) in [5.41, 5.74) is 1.86. The topological polar surface area (TPSA) is 95.1 Å². The first-order valence-corrected chi connectivity index (χ1v) is 6.03. The molecule has 1 saturated carbocycles. The Morgan fingerprint density at radius 3 is 2.61 bits per heavy atom. The molecule has 0 aromatic carbocycles. The quantitative estimate of drug-likeness (QED) is 0.727. The molecule has 1 amide bonds. The van der Waals surface area contributed by atoms with Crippen molar-refractivity contribution < 1.29 is 14.7 Å². The molecule has 0 radical (unpaired) electrons. The number of aromatic amines is 1. The fourth-order valence-electron chi connectivity index (χ4n) is 2.15. The summed E-state index contributed by atoms with van der Waals surface area (Å²) in [6, 6.07) is -0.274. The lowest BCUT2D eigenvalue weighted by Crippen LogP contribution is -2.38. The number of amides is 1. The predicted octanol–water partition coefficient (Wildman–Crippen LogP) is 1.01. The number of rotatable bonds is 5. The Kier molecular flexibility index (Phi) is 3.36. The summed E-state index contributed by atoms with van der Waals surface area (Å²) in [4.78, 5) is 22.9. The van der Waals surface area contributed by atoms with Crippen LogP contribution >= 0.6 is 0 Å². The summed E-state index contributed by atoms with van der Waals surface area (Å²) in [7, 11) is 0. The van der Waals surface area contributed by atoms with E-state index in [1.807, 2.05) is 0 Å². The van der Waals surface area contributed by atoms with Gasteiger partial charge >= 0.3 is 5.97 Å². The van der Waals surface area contributed by atoms with Crippen LogP contribution in [0.1, 0.15) is 41.0 Å². The van der Waals surface area contributed by atoms with E-state index in [0.29, 0.717) is 22.9 Å². The number of carbonyl (C=O) groups excluding carboxylic acids is 1. The predicted molar refractivity (Wildman–Crippen MR) is 64.3 cm³/mol. The average molecular weight is 251 g/mol. The fraction of sp³-hybridized carbons (Fsp3) is 0.583. The van der Waals surface area contributed by atoms with Crippen LogP contribution in [0.15, 0.2) is 0 Å². The molecule has 1 aliphatic rings. The maximum atomic E-state index is 12.1. The Bertz CT molecular complexity index is 457. The van der Waals surface area contributed by atoms with E-state index in [4.69, 9.17) is 5.11 Å². The molecule has 1 fully saturated rings. The van der Waals surface area contributed by atoms with Gasteiger partial charge in [-0.05, 0) is 32.6 Å². The SMILES string of the molecule is Cc1n[nH]c(C)c1C(=O)NC(CC(=O)O)C1CC1. The molecule has 98 valence electrons. The summed E-state index contributed by atoms with van der Waals surface area (Å²) in [6.45, 7) is 3.53. The minimum absolute atomic E-state index is 0.0215. The molecule has 1 aliphatic carbocycles. The van der Waals surface area contributed by atoms with E-state index in [0.717, 1.165) is 12.8 Å². The maximum Gasteiger partial charge on any atom is 0.305 e. The smallest absolute Gasteiger partial charge is 0.305 e. The zero-order valence-corrected chi connectivity index (χ0v) is 10.5. The highest BCUT2D eigenvalue weighted by atomic mass is 16.4. The van der Waals surface area contributed by atoms with E-state index >= 15 is 0 Å². The summed E-state index contributed by atoms with van der Waals surface area (Å²) in [6.07, 6.45) is 1.95. The molecule has 6 nitrogen and oxygen atoms in total. The molecule has 18 heavy (non-hydrogen) atoms. The number of H-pyrrole nitrogens is 1. The molecule has 0 aliphatic heterocycles. The number of carboxylic acid groups (broad SMARTS) is 1. The van der Waals surface area contributed by atoms with Gasteiger partial charge in [0.1, 0.15) is 0 Å². The minimum atomic E-state index is -0.882. The van der Waals surface area contributed by atoms with E-state index in [1.54, 1.807) is 13.8 Å². The van der Waals surface area contributed by atoms with Crippen LogP contribution in [0.2, 0.25) is 0 Å². The molecule has 2 rings (SSSR count). The highest BCUT2D eigenvalue weighted by Crippen LogP contribution is 2.34. The van der Waals surface area contributed by atoms with E-state index in [2.05, 4.69) is 15.5 Å². The first kappa shape index (κ1) is 12.6. The standard InChI is InChI=1S/C12H17N3O3/c1-6-11(7(2)15-14-6)12(18)13-9(5-10(16)17)8-3-4-8/h8-9H,3-5H2,1-2H3,(H,13,18)(H,14,15)(H,16,17). The van der Waals surface area contributed by atoms with Gasteiger partial charge in [-0.3, -0.25) is 14.7 Å². The number of nitrogens with one attached hydrogen (secondary N) is 2. The van der Waals surface area contributed by atoms with Gasteiger partial charge in [0.05, 0.1) is 17.7 Å². The Hall–Kier alpha value is -1.85. The van der Waals surface area contributed by atoms with E-state index < -0.39 is 5.97 Å². The molecule has 1 heterocycles. The number of hydrogen-bond acceptors (Lipinski definition) is 3. The van der Waals surface area contributed by atoms with Crippen molar-refractivity contribution >= 4 is 11.9 Å². The van der Waals surface area contributed by atoms with Crippen molar-refractivity contribution in [2.75, 3.05) is 0 Å². The molecule has 0 bridgehead atoms. The maximum absolute atomic E-state index is 12.1. The Morgan fingerprint density at radius 2 is 2.17 bits per heavy atom. The molecular formula is C12H17N3O3. The molecule has 6 heteroatoms. The van der Waals surface area contributed by atoms with Crippen molar-refractivity contribution in [1.82, 2.24) is 15.5 Å². The highest BCUT2D eigenvalue weighted by molar-refractivity contribution is 5.96. The second-order valence-corrected chi connectivity index (χ2v) is 4.82. The van der Waals surface area contributed by atoms with Gasteiger partial charge in [-0.25, -0.2) is 0 Å². The van der Waals surface area contributed by atoms with Crippen molar-refractivity contribution in [2.45, 2.75) is 39.2 Å². The molecule has 1 aromatic heterocycles. The highest BCUT2D eigenvalue weighted by Gasteiger charge is 2.34. The van der Waals surface area contributed by atoms with E-state index in [9.17, 15) is 9.59 Å². The third kappa shape index (κ3) is 2.69. The van der Waals surface area contributed by atoms with Crippen LogP contribution in [0.3, 0.4) is 0 Å². The number of carbonyl (C=O) groups is 2. The number of aryl methyl sites for hydroxylation is 2. The van der Waals surface area contributed by atoms with Gasteiger partial charge < -0.3 is 10.4 Å². The summed E-state index contributed by atoms with van der Waals surface area (Å²) in [5, 5.41) is 18.4. The number of nitrogens with zero attached hydrogens (tertiary/aromatic N) is 1. The molecule has 0 spiro atoms. The summed E-state index contributed by atoms with van der Waals surface area (Å²) >= 11 is 0. The monoisotopic (exact) mass is 251 g/mol. The van der Waals surface area contributed by atoms with Crippen molar-refractivity contribution in [3.63, 3.8) is 0 Å². The summed E-state index contributed by atoms with van der Waals surface area (Å²) < 4.78 is 0. The molecule has 1 unspecified atom stereocenters. The Morgan fingerprint density at radius 1 is 1.50 bits per heavy atom. The van der Waals surface area contributed by atoms with Crippen LogP contribution in [-0.2, 0) is 4.79 Å². The number of carboxylic acids is 1.